The van der Waals surface area contributed by atoms with Crippen molar-refractivity contribution in [3.8, 4) is 0 Å². The van der Waals surface area contributed by atoms with Crippen molar-refractivity contribution in [2.45, 2.75) is 26.8 Å². The molecule has 2 amide bonds. The van der Waals surface area contributed by atoms with E-state index in [2.05, 4.69) is 11.4 Å². The van der Waals surface area contributed by atoms with Crippen molar-refractivity contribution in [1.29, 1.82) is 0 Å². The molecule has 1 aliphatic rings. The minimum absolute atomic E-state index is 0.0588. The molecule has 0 aliphatic carbocycles. The van der Waals surface area contributed by atoms with Crippen LogP contribution in [0.4, 0.5) is 5.88 Å². The molecular formula is C20H23N3O5. The van der Waals surface area contributed by atoms with Crippen molar-refractivity contribution in [2.75, 3.05) is 25.0 Å². The predicted octanol–water partition coefficient (Wildman–Crippen LogP) is 1.86. The number of benzene rings is 1. The van der Waals surface area contributed by atoms with Crippen LogP contribution in [0.2, 0.25) is 0 Å². The number of carbonyl (C=O) groups is 3. The molecule has 1 aromatic heterocycles. The van der Waals surface area contributed by atoms with E-state index < -0.39 is 11.9 Å². The second kappa shape index (κ2) is 8.26. The number of hydrogen-bond acceptors (Lipinski definition) is 6. The standard InChI is InChI=1S/C20H23N3O5/c1-3-27-20(26)16-12(2)28-19(17(16)18(21)25)22-15(24)11-23-9-8-13-6-4-5-7-14(13)10-23/h4-7H,3,8-11H2,1-2H3,(H2,21,25)(H,22,24). The average molecular weight is 385 g/mol. The number of primary amides is 1. The minimum Gasteiger partial charge on any atom is -0.462 e. The van der Waals surface area contributed by atoms with Crippen LogP contribution in [0, 0.1) is 6.92 Å². The maximum Gasteiger partial charge on any atom is 0.342 e. The van der Waals surface area contributed by atoms with Gasteiger partial charge in [-0.3, -0.25) is 19.8 Å². The number of rotatable bonds is 6. The van der Waals surface area contributed by atoms with E-state index in [-0.39, 0.29) is 41.8 Å². The zero-order valence-corrected chi connectivity index (χ0v) is 15.9. The van der Waals surface area contributed by atoms with Gasteiger partial charge in [0.05, 0.1) is 13.2 Å². The predicted molar refractivity (Wildman–Crippen MR) is 102 cm³/mol. The summed E-state index contributed by atoms with van der Waals surface area (Å²) in [6.45, 7) is 4.84. The maximum atomic E-state index is 12.5. The van der Waals surface area contributed by atoms with Crippen molar-refractivity contribution >= 4 is 23.7 Å². The third-order valence-electron chi connectivity index (χ3n) is 4.64. The first-order valence-corrected chi connectivity index (χ1v) is 9.10. The molecule has 148 valence electrons. The Morgan fingerprint density at radius 1 is 1.21 bits per heavy atom. The molecule has 8 nitrogen and oxygen atoms in total. The SMILES string of the molecule is CCOC(=O)c1c(C)oc(NC(=O)CN2CCc3ccccc3C2)c1C(N)=O. The molecule has 0 spiro atoms. The number of furan rings is 1. The zero-order valence-electron chi connectivity index (χ0n) is 15.9. The van der Waals surface area contributed by atoms with Gasteiger partial charge in [-0.05, 0) is 31.4 Å². The Labute approximate surface area is 162 Å². The van der Waals surface area contributed by atoms with Gasteiger partial charge in [0.2, 0.25) is 11.8 Å². The van der Waals surface area contributed by atoms with Crippen LogP contribution in [-0.2, 0) is 22.5 Å². The van der Waals surface area contributed by atoms with Crippen LogP contribution in [0.25, 0.3) is 0 Å². The fourth-order valence-corrected chi connectivity index (χ4v) is 3.38. The lowest BCUT2D eigenvalue weighted by molar-refractivity contribution is -0.117. The first-order valence-electron chi connectivity index (χ1n) is 9.10. The Kier molecular flexibility index (Phi) is 5.79. The maximum absolute atomic E-state index is 12.5. The number of amides is 2. The van der Waals surface area contributed by atoms with E-state index in [9.17, 15) is 14.4 Å². The highest BCUT2D eigenvalue weighted by atomic mass is 16.5. The molecule has 0 radical (unpaired) electrons. The number of nitrogens with one attached hydrogen (secondary N) is 1. The van der Waals surface area contributed by atoms with Gasteiger partial charge in [-0.15, -0.1) is 0 Å². The first-order chi connectivity index (χ1) is 13.4. The number of hydrogen-bond donors (Lipinski definition) is 2. The van der Waals surface area contributed by atoms with E-state index in [1.807, 2.05) is 23.1 Å². The fourth-order valence-electron chi connectivity index (χ4n) is 3.38. The van der Waals surface area contributed by atoms with Crippen LogP contribution >= 0.6 is 0 Å². The van der Waals surface area contributed by atoms with Gasteiger partial charge < -0.3 is 14.9 Å². The van der Waals surface area contributed by atoms with Crippen molar-refractivity contribution in [3.05, 3.63) is 52.3 Å². The van der Waals surface area contributed by atoms with Crippen molar-refractivity contribution in [1.82, 2.24) is 4.90 Å². The summed E-state index contributed by atoms with van der Waals surface area (Å²) in [5.41, 5.74) is 7.66. The summed E-state index contributed by atoms with van der Waals surface area (Å²) >= 11 is 0. The zero-order chi connectivity index (χ0) is 20.3. The monoisotopic (exact) mass is 385 g/mol. The molecule has 0 saturated heterocycles. The Morgan fingerprint density at radius 3 is 2.61 bits per heavy atom. The number of ether oxygens (including phenoxy) is 1. The summed E-state index contributed by atoms with van der Waals surface area (Å²) in [7, 11) is 0. The fraction of sp³-hybridized carbons (Fsp3) is 0.350. The molecule has 1 aliphatic heterocycles. The minimum atomic E-state index is -0.873. The molecule has 3 N–H and O–H groups in total. The Balaban J connectivity index is 1.73. The summed E-state index contributed by atoms with van der Waals surface area (Å²) in [4.78, 5) is 38.5. The smallest absolute Gasteiger partial charge is 0.342 e. The van der Waals surface area contributed by atoms with Crippen molar-refractivity contribution in [2.24, 2.45) is 5.73 Å². The van der Waals surface area contributed by atoms with Gasteiger partial charge in [0.1, 0.15) is 16.9 Å². The molecule has 0 atom stereocenters. The Hall–Kier alpha value is -3.13. The molecular weight excluding hydrogens is 362 g/mol. The molecule has 0 fully saturated rings. The van der Waals surface area contributed by atoms with Crippen LogP contribution in [0.5, 0.6) is 0 Å². The normalized spacial score (nSPS) is 13.6. The van der Waals surface area contributed by atoms with Crippen LogP contribution < -0.4 is 11.1 Å². The number of carbonyl (C=O) groups excluding carboxylic acids is 3. The van der Waals surface area contributed by atoms with Crippen LogP contribution in [0.1, 0.15) is 44.5 Å². The van der Waals surface area contributed by atoms with Gasteiger partial charge in [-0.1, -0.05) is 24.3 Å². The van der Waals surface area contributed by atoms with Gasteiger partial charge in [0.25, 0.3) is 5.91 Å². The number of anilines is 1. The van der Waals surface area contributed by atoms with Gasteiger partial charge in [0, 0.05) is 13.1 Å². The summed E-state index contributed by atoms with van der Waals surface area (Å²) in [6.07, 6.45) is 0.864. The molecule has 0 bridgehead atoms. The molecule has 28 heavy (non-hydrogen) atoms. The molecule has 8 heteroatoms. The van der Waals surface area contributed by atoms with Gasteiger partial charge in [0.15, 0.2) is 0 Å². The lowest BCUT2D eigenvalue weighted by Crippen LogP contribution is -2.37. The topological polar surface area (TPSA) is 115 Å². The largest absolute Gasteiger partial charge is 0.462 e. The van der Waals surface area contributed by atoms with E-state index >= 15 is 0 Å². The van der Waals surface area contributed by atoms with Gasteiger partial charge >= 0.3 is 5.97 Å². The number of nitrogens with zero attached hydrogens (tertiary/aromatic N) is 1. The second-order valence-electron chi connectivity index (χ2n) is 6.60. The lowest BCUT2D eigenvalue weighted by Gasteiger charge is -2.27. The molecule has 0 saturated carbocycles. The quantitative estimate of drug-likeness (QED) is 0.734. The number of nitrogens with two attached hydrogens (primary N) is 1. The van der Waals surface area contributed by atoms with E-state index in [1.165, 1.54) is 18.1 Å². The molecule has 2 heterocycles. The van der Waals surface area contributed by atoms with E-state index in [0.29, 0.717) is 6.54 Å². The summed E-state index contributed by atoms with van der Waals surface area (Å²) in [6, 6.07) is 8.12. The Morgan fingerprint density at radius 2 is 1.93 bits per heavy atom. The Bertz CT molecular complexity index is 919. The van der Waals surface area contributed by atoms with E-state index in [4.69, 9.17) is 14.9 Å². The third-order valence-corrected chi connectivity index (χ3v) is 4.64. The summed E-state index contributed by atoms with van der Waals surface area (Å²) in [5, 5.41) is 2.57. The van der Waals surface area contributed by atoms with Crippen LogP contribution in [-0.4, -0.2) is 42.4 Å². The summed E-state index contributed by atoms with van der Waals surface area (Å²) < 4.78 is 10.4. The highest BCUT2D eigenvalue weighted by Crippen LogP contribution is 2.28. The van der Waals surface area contributed by atoms with E-state index in [0.717, 1.165) is 13.0 Å². The van der Waals surface area contributed by atoms with Gasteiger partial charge in [-0.25, -0.2) is 4.79 Å². The molecule has 1 aromatic carbocycles. The number of aryl methyl sites for hydroxylation is 1. The highest BCUT2D eigenvalue weighted by molar-refractivity contribution is 6.10. The molecule has 2 aromatic rings. The molecule has 3 rings (SSSR count). The molecule has 0 unspecified atom stereocenters. The highest BCUT2D eigenvalue weighted by Gasteiger charge is 2.29. The number of esters is 1. The van der Waals surface area contributed by atoms with Crippen molar-refractivity contribution in [3.63, 3.8) is 0 Å². The van der Waals surface area contributed by atoms with E-state index in [1.54, 1.807) is 6.92 Å². The van der Waals surface area contributed by atoms with Crippen LogP contribution in [0.3, 0.4) is 0 Å². The third kappa shape index (κ3) is 4.07. The van der Waals surface area contributed by atoms with Crippen molar-refractivity contribution < 1.29 is 23.5 Å². The van der Waals surface area contributed by atoms with Crippen LogP contribution in [0.15, 0.2) is 28.7 Å². The lowest BCUT2D eigenvalue weighted by atomic mass is 10.00. The second-order valence-corrected chi connectivity index (χ2v) is 6.60. The first kappa shape index (κ1) is 19.6. The van der Waals surface area contributed by atoms with Gasteiger partial charge in [-0.2, -0.15) is 0 Å². The average Bonchev–Trinajstić information content (AvgIpc) is 2.97. The number of fused-ring (bicyclic) bond motifs is 1. The summed E-state index contributed by atoms with van der Waals surface area (Å²) in [5.74, 6) is -1.91.